The summed E-state index contributed by atoms with van der Waals surface area (Å²) in [4.78, 5) is 28.6. The first-order chi connectivity index (χ1) is 15.9. The molecule has 0 aliphatic carbocycles. The number of likely N-dealkylation sites (N-methyl/N-ethyl adjacent to an activating group) is 1. The van der Waals surface area contributed by atoms with Crippen LogP contribution in [0.25, 0.3) is 0 Å². The van der Waals surface area contributed by atoms with E-state index in [1.54, 1.807) is 12.1 Å². The van der Waals surface area contributed by atoms with Gasteiger partial charge in [0.2, 0.25) is 5.78 Å². The topological polar surface area (TPSA) is 37.4 Å². The fourth-order valence-corrected chi connectivity index (χ4v) is 5.76. The summed E-state index contributed by atoms with van der Waals surface area (Å²) < 4.78 is 0.677. The van der Waals surface area contributed by atoms with Gasteiger partial charge in [0.25, 0.3) is 5.91 Å². The third-order valence-corrected chi connectivity index (χ3v) is 7.51. The molecular weight excluding hydrogens is 512 g/mol. The summed E-state index contributed by atoms with van der Waals surface area (Å²) >= 11 is 6.40. The molecule has 0 saturated carbocycles. The highest BCUT2D eigenvalue weighted by Gasteiger charge is 2.49. The van der Waals surface area contributed by atoms with Crippen LogP contribution in [0, 0.1) is 6.92 Å². The quantitative estimate of drug-likeness (QED) is 0.377. The van der Waals surface area contributed by atoms with Crippen LogP contribution in [0.1, 0.15) is 44.2 Å². The van der Waals surface area contributed by atoms with E-state index in [1.807, 2.05) is 47.4 Å². The highest BCUT2D eigenvalue weighted by Crippen LogP contribution is 2.47. The van der Waals surface area contributed by atoms with Crippen molar-refractivity contribution in [3.8, 4) is 0 Å². The van der Waals surface area contributed by atoms with Crippen LogP contribution in [0.5, 0.6) is 0 Å². The Bertz CT molecular complexity index is 1230. The van der Waals surface area contributed by atoms with Crippen LogP contribution in [0.4, 0.5) is 5.69 Å². The number of nitrogens with zero attached hydrogens (tertiary/aromatic N) is 2. The molecule has 3 aromatic carbocycles. The number of aryl methyl sites for hydroxylation is 1. The normalized spacial score (nSPS) is 23.0. The second-order valence-corrected chi connectivity index (χ2v) is 10.1. The number of hydrogen-bond donors (Lipinski definition) is 0. The van der Waals surface area contributed by atoms with Crippen molar-refractivity contribution in [3.05, 3.63) is 100 Å². The third-order valence-electron chi connectivity index (χ3n) is 7.18. The lowest BCUT2D eigenvalue weighted by atomic mass is 9.87. The van der Waals surface area contributed by atoms with Crippen molar-refractivity contribution in [3.63, 3.8) is 0 Å². The summed E-state index contributed by atoms with van der Waals surface area (Å²) in [5.74, 6) is 0.311. The van der Waals surface area contributed by atoms with Crippen LogP contribution < -0.4 is 21.9 Å². The second kappa shape index (κ2) is 9.65. The van der Waals surface area contributed by atoms with E-state index in [0.29, 0.717) is 21.6 Å². The minimum absolute atomic E-state index is 0. The van der Waals surface area contributed by atoms with Gasteiger partial charge in [0, 0.05) is 17.7 Å². The van der Waals surface area contributed by atoms with E-state index in [1.165, 1.54) is 11.1 Å². The van der Waals surface area contributed by atoms with Crippen molar-refractivity contribution in [1.82, 2.24) is 0 Å². The predicted octanol–water partition coefficient (Wildman–Crippen LogP) is 2.50. The van der Waals surface area contributed by atoms with E-state index >= 15 is 0 Å². The van der Waals surface area contributed by atoms with Gasteiger partial charge in [0.05, 0.1) is 42.7 Å². The number of Topliss-reactive ketones (excluding diaryl/α,β-unsaturated/α-hetero) is 1. The van der Waals surface area contributed by atoms with Gasteiger partial charge in [-0.05, 0) is 30.7 Å². The Balaban J connectivity index is 0.00000274. The van der Waals surface area contributed by atoms with Crippen molar-refractivity contribution < 1.29 is 31.1 Å². The number of rotatable bonds is 4. The fraction of sp³-hybridized carbons (Fsp3) is 0.286. The second-order valence-electron chi connectivity index (χ2n) is 9.65. The Morgan fingerprint density at radius 2 is 1.74 bits per heavy atom. The lowest BCUT2D eigenvalue weighted by Crippen LogP contribution is -3.00. The largest absolute Gasteiger partial charge is 1.00 e. The summed E-state index contributed by atoms with van der Waals surface area (Å²) in [6.45, 7) is 4.22. The average molecular weight is 540 g/mol. The molecule has 1 amide bonds. The van der Waals surface area contributed by atoms with Gasteiger partial charge in [-0.15, -0.1) is 0 Å². The fourth-order valence-electron chi connectivity index (χ4n) is 5.55. The molecule has 0 N–H and O–H groups in total. The first-order valence-electron chi connectivity index (χ1n) is 11.5. The molecule has 0 bridgehead atoms. The number of piperidine rings is 1. The van der Waals surface area contributed by atoms with Crippen molar-refractivity contribution in [2.24, 2.45) is 0 Å². The first kappa shape index (κ1) is 24.6. The number of ketones is 1. The number of carbonyl (C=O) groups is 2. The highest BCUT2D eigenvalue weighted by atomic mass is 79.9. The Kier molecular flexibility index (Phi) is 6.99. The smallest absolute Gasteiger partial charge is 0.260 e. The van der Waals surface area contributed by atoms with E-state index in [0.717, 1.165) is 30.8 Å². The van der Waals surface area contributed by atoms with E-state index in [9.17, 15) is 9.59 Å². The molecule has 176 valence electrons. The first-order valence-corrected chi connectivity index (χ1v) is 11.8. The number of quaternary nitrogens is 1. The molecule has 34 heavy (non-hydrogen) atoms. The summed E-state index contributed by atoms with van der Waals surface area (Å²) in [7, 11) is 2.17. The number of halogens is 2. The van der Waals surface area contributed by atoms with Crippen LogP contribution in [0.2, 0.25) is 5.02 Å². The predicted molar refractivity (Wildman–Crippen MR) is 132 cm³/mol. The van der Waals surface area contributed by atoms with E-state index in [4.69, 9.17) is 11.6 Å². The lowest BCUT2D eigenvalue weighted by molar-refractivity contribution is -0.907. The van der Waals surface area contributed by atoms with Gasteiger partial charge in [-0.1, -0.05) is 71.8 Å². The Labute approximate surface area is 216 Å². The zero-order valence-corrected chi connectivity index (χ0v) is 21.7. The summed E-state index contributed by atoms with van der Waals surface area (Å²) in [5, 5.41) is 0.476. The number of carbonyl (C=O) groups excluding carboxylic acids is 2. The molecule has 3 aromatic rings. The molecule has 2 aliphatic rings. The number of hydrogen-bond acceptors (Lipinski definition) is 2. The van der Waals surface area contributed by atoms with Crippen LogP contribution in [-0.4, -0.2) is 48.9 Å². The highest BCUT2D eigenvalue weighted by molar-refractivity contribution is 6.34. The molecule has 0 radical (unpaired) electrons. The summed E-state index contributed by atoms with van der Waals surface area (Å²) in [6, 6.07) is 23.2. The number of likely N-dealkylation sites (tertiary alicyclic amines) is 1. The van der Waals surface area contributed by atoms with Crippen molar-refractivity contribution in [2.45, 2.75) is 25.3 Å². The Hall–Kier alpha value is -2.47. The molecule has 1 saturated heterocycles. The van der Waals surface area contributed by atoms with Gasteiger partial charge in [-0.3, -0.25) is 9.59 Å². The van der Waals surface area contributed by atoms with Crippen molar-refractivity contribution in [1.29, 1.82) is 0 Å². The van der Waals surface area contributed by atoms with Crippen LogP contribution in [0.15, 0.2) is 72.8 Å². The number of amides is 1. The molecule has 3 unspecified atom stereocenters. The van der Waals surface area contributed by atoms with Crippen LogP contribution >= 0.6 is 11.6 Å². The maximum atomic E-state index is 13.7. The van der Waals surface area contributed by atoms with Gasteiger partial charge >= 0.3 is 0 Å². The molecule has 4 nitrogen and oxygen atoms in total. The SMILES string of the molecule is Cc1ccc2c(c1)C1C[N+](C)(CC(=O)c3ccccc3)CCC1N2C(=O)c1ccccc1Cl.[Br-]. The molecule has 6 heteroatoms. The lowest BCUT2D eigenvalue weighted by Gasteiger charge is -2.44. The summed E-state index contributed by atoms with van der Waals surface area (Å²) in [6.07, 6.45) is 0.840. The van der Waals surface area contributed by atoms with E-state index < -0.39 is 0 Å². The van der Waals surface area contributed by atoms with Crippen LogP contribution in [0.3, 0.4) is 0 Å². The third kappa shape index (κ3) is 4.45. The molecule has 2 heterocycles. The van der Waals surface area contributed by atoms with E-state index in [2.05, 4.69) is 32.2 Å². The van der Waals surface area contributed by atoms with Gasteiger partial charge in [0.15, 0.2) is 0 Å². The molecule has 3 atom stereocenters. The minimum Gasteiger partial charge on any atom is -1.00 e. The van der Waals surface area contributed by atoms with Crippen molar-refractivity contribution >= 4 is 29.0 Å². The molecule has 0 aromatic heterocycles. The Morgan fingerprint density at radius 1 is 1.03 bits per heavy atom. The van der Waals surface area contributed by atoms with Gasteiger partial charge in [0.1, 0.15) is 6.54 Å². The molecule has 0 spiro atoms. The zero-order chi connectivity index (χ0) is 23.2. The van der Waals surface area contributed by atoms with Crippen molar-refractivity contribution in [2.75, 3.05) is 31.6 Å². The average Bonchev–Trinajstić information content (AvgIpc) is 3.11. The Morgan fingerprint density at radius 3 is 2.47 bits per heavy atom. The molecule has 5 rings (SSSR count). The maximum absolute atomic E-state index is 13.7. The standard InChI is InChI=1S/C28H28ClN2O2.BrH/c1-19-12-13-25-22(16-19)23-17-31(2,18-27(32)20-8-4-3-5-9-20)15-14-26(23)30(25)28(33)21-10-6-7-11-24(21)29;/h3-13,16,23,26H,14-15,17-18H2,1-2H3;1H/q+1;/p-1. The summed E-state index contributed by atoms with van der Waals surface area (Å²) in [5.41, 5.74) is 4.66. The number of anilines is 1. The van der Waals surface area contributed by atoms with Gasteiger partial charge in [-0.2, -0.15) is 0 Å². The van der Waals surface area contributed by atoms with Gasteiger partial charge in [-0.25, -0.2) is 0 Å². The maximum Gasteiger partial charge on any atom is 0.260 e. The van der Waals surface area contributed by atoms with Gasteiger partial charge < -0.3 is 26.4 Å². The number of benzene rings is 3. The molecule has 1 fully saturated rings. The monoisotopic (exact) mass is 538 g/mol. The molecule has 2 aliphatic heterocycles. The van der Waals surface area contributed by atoms with E-state index in [-0.39, 0.29) is 40.6 Å². The molecular formula is C28H28BrClN2O2. The number of fused-ring (bicyclic) bond motifs is 3. The zero-order valence-electron chi connectivity index (χ0n) is 19.4. The van der Waals surface area contributed by atoms with Crippen LogP contribution in [-0.2, 0) is 0 Å². The minimum atomic E-state index is -0.0466.